The topological polar surface area (TPSA) is 6.48 Å². The quantitative estimate of drug-likeness (QED) is 0.0941. The molecule has 86 heavy (non-hydrogen) atoms. The van der Waals surface area contributed by atoms with Gasteiger partial charge >= 0.3 is 0 Å². The molecule has 2 heteroatoms. The number of hydrogen-bond acceptors (Lipinski definition) is 2. The van der Waals surface area contributed by atoms with E-state index in [-0.39, 0.29) is 10.8 Å². The predicted octanol–water partition coefficient (Wildman–Crippen LogP) is 24.4. The zero-order valence-electron chi connectivity index (χ0n) is 51.0. The summed E-state index contributed by atoms with van der Waals surface area (Å²) in [6, 6.07) is 97.8. The van der Waals surface area contributed by atoms with E-state index in [1.54, 1.807) is 0 Å². The second-order valence-electron chi connectivity index (χ2n) is 22.6. The molecule has 0 radical (unpaired) electrons. The molecule has 2 nitrogen and oxygen atoms in total. The third-order valence-electron chi connectivity index (χ3n) is 16.9. The Morgan fingerprint density at radius 3 is 0.837 bits per heavy atom. The average molecular weight is 1110 g/mol. The van der Waals surface area contributed by atoms with Crippen LogP contribution in [0.15, 0.2) is 280 Å². The van der Waals surface area contributed by atoms with Gasteiger partial charge in [-0.15, -0.1) is 13.2 Å². The molecule has 2 aliphatic rings. The second-order valence-corrected chi connectivity index (χ2v) is 22.6. The first-order chi connectivity index (χ1) is 42.1. The Morgan fingerprint density at radius 1 is 0.256 bits per heavy atom. The lowest BCUT2D eigenvalue weighted by Crippen LogP contribution is -2.15. The number of rotatable bonds is 11. The van der Waals surface area contributed by atoms with Crippen LogP contribution in [0.4, 0.5) is 34.1 Å². The molecule has 0 aromatic heterocycles. The number of nitrogens with zero attached hydrogens (tertiary/aromatic N) is 2. The maximum Gasteiger partial charge on any atom is 0.0468 e. The van der Waals surface area contributed by atoms with Gasteiger partial charge < -0.3 is 9.80 Å². The van der Waals surface area contributed by atoms with Crippen LogP contribution in [0.5, 0.6) is 0 Å². The van der Waals surface area contributed by atoms with Crippen molar-refractivity contribution >= 4 is 80.0 Å². The summed E-state index contributed by atoms with van der Waals surface area (Å²) in [5, 5.41) is 4.86. The molecular formula is C84H76N2. The predicted molar refractivity (Wildman–Crippen MR) is 376 cm³/mol. The maximum atomic E-state index is 3.00. The zero-order valence-corrected chi connectivity index (χ0v) is 51.0. The van der Waals surface area contributed by atoms with E-state index in [2.05, 4.69) is 342 Å². The van der Waals surface area contributed by atoms with E-state index < -0.39 is 0 Å². The van der Waals surface area contributed by atoms with Gasteiger partial charge in [-0.05, 0) is 196 Å². The smallest absolute Gasteiger partial charge is 0.0468 e. The van der Waals surface area contributed by atoms with Crippen molar-refractivity contribution in [3.05, 3.63) is 325 Å². The molecule has 0 saturated carbocycles. The van der Waals surface area contributed by atoms with Gasteiger partial charge in [-0.25, -0.2) is 0 Å². The fraction of sp³-hybridized carbons (Fsp3) is 0.119. The monoisotopic (exact) mass is 1110 g/mol. The van der Waals surface area contributed by atoms with Crippen LogP contribution in [-0.4, -0.2) is 0 Å². The minimum Gasteiger partial charge on any atom is -0.310 e. The van der Waals surface area contributed by atoms with Crippen molar-refractivity contribution < 1.29 is 0 Å². The Balaban J connectivity index is 0.00000124. The molecule has 0 aliphatic heterocycles. The van der Waals surface area contributed by atoms with Crippen molar-refractivity contribution in [3.63, 3.8) is 0 Å². The van der Waals surface area contributed by atoms with Gasteiger partial charge in [0.25, 0.3) is 0 Å². The second kappa shape index (κ2) is 25.1. The lowest BCUT2D eigenvalue weighted by Gasteiger charge is -2.25. The summed E-state index contributed by atoms with van der Waals surface area (Å²) in [6.07, 6.45) is 9.04. The summed E-state index contributed by atoms with van der Waals surface area (Å²) in [5.74, 6) is 0. The Labute approximate surface area is 511 Å². The summed E-state index contributed by atoms with van der Waals surface area (Å²) >= 11 is 0. The van der Waals surface area contributed by atoms with Crippen molar-refractivity contribution in [3.8, 4) is 33.4 Å². The largest absolute Gasteiger partial charge is 0.310 e. The van der Waals surface area contributed by atoms with Crippen LogP contribution in [0.25, 0.3) is 79.2 Å². The Hall–Kier alpha value is -10.0. The molecule has 0 N–H and O–H groups in total. The minimum atomic E-state index is -0.155. The summed E-state index contributed by atoms with van der Waals surface area (Å²) in [4.78, 5) is 4.63. The molecule has 0 saturated heterocycles. The molecule has 14 rings (SSSR count). The van der Waals surface area contributed by atoms with Gasteiger partial charge in [-0.1, -0.05) is 250 Å². The normalized spacial score (nSPS) is 12.8. The van der Waals surface area contributed by atoms with E-state index in [0.717, 1.165) is 34.1 Å². The average Bonchev–Trinajstić information content (AvgIpc) is 2.02. The van der Waals surface area contributed by atoms with Crippen molar-refractivity contribution in [1.29, 1.82) is 0 Å². The van der Waals surface area contributed by atoms with Gasteiger partial charge in [0.2, 0.25) is 0 Å². The van der Waals surface area contributed by atoms with Gasteiger partial charge in [-0.2, -0.15) is 0 Å². The molecule has 2 aliphatic carbocycles. The van der Waals surface area contributed by atoms with E-state index >= 15 is 0 Å². The lowest BCUT2D eigenvalue weighted by molar-refractivity contribution is 0.659. The van der Waals surface area contributed by atoms with E-state index in [1.165, 1.54) is 99.4 Å². The highest BCUT2D eigenvalue weighted by molar-refractivity contribution is 5.94. The summed E-state index contributed by atoms with van der Waals surface area (Å²) in [5.41, 5.74) is 24.6. The highest BCUT2D eigenvalue weighted by atomic mass is 15.1. The highest BCUT2D eigenvalue weighted by Gasteiger charge is 2.38. The number of fused-ring (bicyclic) bond motifs is 8. The van der Waals surface area contributed by atoms with Crippen LogP contribution in [0.2, 0.25) is 0 Å². The van der Waals surface area contributed by atoms with Gasteiger partial charge in [0, 0.05) is 45.0 Å². The number of para-hydroxylation sites is 4. The molecule has 12 aromatic rings. The SMILES string of the molecule is C=C.CC.CC.CC1(C)c2cc(/C=C/c3ccc4cc(N(c5ccccc5)c5ccccc5)ccc4c3)ccc2-c2ccc(-c3ccc4c(c3)C(C)(C)c3cc(/C=C/c5ccc6cc(N(c7ccccc7)c7ccccc7)ccc6c5)ccc3-4)cc21. The summed E-state index contributed by atoms with van der Waals surface area (Å²) in [6.45, 7) is 23.6. The van der Waals surface area contributed by atoms with Gasteiger partial charge in [-0.3, -0.25) is 0 Å². The van der Waals surface area contributed by atoms with Crippen LogP contribution in [0.1, 0.15) is 99.9 Å². The highest BCUT2D eigenvalue weighted by Crippen LogP contribution is 2.53. The summed E-state index contributed by atoms with van der Waals surface area (Å²) in [7, 11) is 0. The third kappa shape index (κ3) is 11.2. The van der Waals surface area contributed by atoms with Crippen LogP contribution in [0, 0.1) is 0 Å². The molecule has 0 amide bonds. The van der Waals surface area contributed by atoms with Crippen molar-refractivity contribution in [1.82, 2.24) is 0 Å². The van der Waals surface area contributed by atoms with Crippen LogP contribution in [-0.2, 0) is 10.8 Å². The van der Waals surface area contributed by atoms with Gasteiger partial charge in [0.15, 0.2) is 0 Å². The molecule has 0 heterocycles. The van der Waals surface area contributed by atoms with Crippen molar-refractivity contribution in [2.75, 3.05) is 9.80 Å². The van der Waals surface area contributed by atoms with Crippen molar-refractivity contribution in [2.24, 2.45) is 0 Å². The Bertz CT molecular complexity index is 4050. The third-order valence-corrected chi connectivity index (χ3v) is 16.9. The van der Waals surface area contributed by atoms with Gasteiger partial charge in [0.1, 0.15) is 0 Å². The zero-order chi connectivity index (χ0) is 60.0. The Kier molecular flexibility index (Phi) is 16.8. The van der Waals surface area contributed by atoms with Gasteiger partial charge in [0.05, 0.1) is 0 Å². The first-order valence-electron chi connectivity index (χ1n) is 30.5. The molecule has 0 spiro atoms. The molecule has 0 unspecified atom stereocenters. The van der Waals surface area contributed by atoms with Crippen LogP contribution >= 0.6 is 0 Å². The Morgan fingerprint density at radius 2 is 0.512 bits per heavy atom. The standard InChI is InChI=1S/C78H60N2.2C2H6.C2H4/c1-77(2)73-47-55(27-25-53-29-33-59-49-67(39-35-57(59)45-53)79(63-17-9-5-10-18-63)64-19-11-6-12-20-64)31-41-69(73)71-43-37-61(51-75(71)77)62-38-44-72-70-42-32-56(48-74(70)78(3,4)76(72)52-62)28-26-54-30-34-60-50-68(40-36-58(60)46-54)80(65-21-13-7-14-22-65)66-23-15-8-16-24-66;3*1-2/h5-52H,1-4H3;2*1-2H3;1-2H2/b27-25+,28-26+;;;. The maximum absolute atomic E-state index is 3.00. The summed E-state index contributed by atoms with van der Waals surface area (Å²) < 4.78 is 0. The molecule has 12 aromatic carbocycles. The number of benzene rings is 12. The van der Waals surface area contributed by atoms with Crippen LogP contribution in [0.3, 0.4) is 0 Å². The number of anilines is 6. The molecule has 0 bridgehead atoms. The first kappa shape index (κ1) is 57.8. The van der Waals surface area contributed by atoms with E-state index in [0.29, 0.717) is 0 Å². The molecule has 422 valence electrons. The lowest BCUT2D eigenvalue weighted by atomic mass is 9.80. The van der Waals surface area contributed by atoms with Crippen molar-refractivity contribution in [2.45, 2.75) is 66.2 Å². The van der Waals surface area contributed by atoms with Crippen LogP contribution < -0.4 is 9.80 Å². The van der Waals surface area contributed by atoms with E-state index in [1.807, 2.05) is 27.7 Å². The fourth-order valence-electron chi connectivity index (χ4n) is 12.7. The fourth-order valence-corrected chi connectivity index (χ4v) is 12.7. The first-order valence-corrected chi connectivity index (χ1v) is 30.5. The number of hydrogen-bond donors (Lipinski definition) is 0. The molecule has 0 atom stereocenters. The molecule has 0 fully saturated rings. The minimum absolute atomic E-state index is 0.155. The molecular weight excluding hydrogens is 1040 g/mol. The van der Waals surface area contributed by atoms with E-state index in [4.69, 9.17) is 0 Å². The van der Waals surface area contributed by atoms with E-state index in [9.17, 15) is 0 Å².